The molecule has 1 aromatic rings. The summed E-state index contributed by atoms with van der Waals surface area (Å²) in [5.41, 5.74) is -0.439. The summed E-state index contributed by atoms with van der Waals surface area (Å²) in [6.07, 6.45) is 2.08. The molecule has 0 amide bonds. The molecule has 1 aliphatic rings. The van der Waals surface area contributed by atoms with E-state index in [1.165, 1.54) is 10.8 Å². The zero-order valence-electron chi connectivity index (χ0n) is 9.59. The van der Waals surface area contributed by atoms with Crippen molar-refractivity contribution in [3.05, 3.63) is 32.6 Å². The second-order valence-electron chi connectivity index (χ2n) is 4.54. The first-order valence-corrected chi connectivity index (χ1v) is 5.65. The maximum atomic E-state index is 11.7. The molecule has 1 fully saturated rings. The van der Waals surface area contributed by atoms with Gasteiger partial charge >= 0.3 is 5.69 Å². The van der Waals surface area contributed by atoms with Gasteiger partial charge in [0.25, 0.3) is 5.56 Å². The number of aliphatic hydroxyl groups is 2. The number of hydrogen-bond acceptors (Lipinski definition) is 4. The summed E-state index contributed by atoms with van der Waals surface area (Å²) in [6.45, 7) is 1.45. The fraction of sp³-hybridized carbons (Fsp3) is 0.636. The van der Waals surface area contributed by atoms with Crippen molar-refractivity contribution in [2.24, 2.45) is 5.92 Å². The Bertz CT molecular complexity index is 519. The molecular weight excluding hydrogens is 224 g/mol. The van der Waals surface area contributed by atoms with Gasteiger partial charge in [0.05, 0.1) is 12.7 Å². The van der Waals surface area contributed by atoms with E-state index in [0.717, 1.165) is 0 Å². The minimum atomic E-state index is -0.593. The lowest BCUT2D eigenvalue weighted by Gasteiger charge is -2.21. The average Bonchev–Trinajstić information content (AvgIpc) is 2.64. The van der Waals surface area contributed by atoms with Crippen molar-refractivity contribution in [1.82, 2.24) is 9.55 Å². The molecule has 0 spiro atoms. The third-order valence-electron chi connectivity index (χ3n) is 3.46. The number of hydrogen-bond donors (Lipinski definition) is 3. The lowest BCUT2D eigenvalue weighted by molar-refractivity contribution is 0.0732. The summed E-state index contributed by atoms with van der Waals surface area (Å²) in [7, 11) is 0. The first-order valence-electron chi connectivity index (χ1n) is 5.65. The van der Waals surface area contributed by atoms with E-state index >= 15 is 0 Å². The molecule has 6 heteroatoms. The Hall–Kier alpha value is -1.40. The highest BCUT2D eigenvalue weighted by Gasteiger charge is 2.36. The quantitative estimate of drug-likeness (QED) is 0.627. The van der Waals surface area contributed by atoms with E-state index < -0.39 is 17.4 Å². The van der Waals surface area contributed by atoms with Gasteiger partial charge in [-0.25, -0.2) is 4.79 Å². The lowest BCUT2D eigenvalue weighted by Crippen LogP contribution is -2.36. The Morgan fingerprint density at radius 2 is 2.18 bits per heavy atom. The molecule has 1 aliphatic carbocycles. The van der Waals surface area contributed by atoms with Crippen LogP contribution >= 0.6 is 0 Å². The molecule has 0 bridgehead atoms. The van der Waals surface area contributed by atoms with Crippen molar-refractivity contribution in [1.29, 1.82) is 0 Å². The summed E-state index contributed by atoms with van der Waals surface area (Å²) in [4.78, 5) is 25.2. The molecule has 0 aromatic carbocycles. The number of nitrogens with one attached hydrogen (secondary N) is 1. The topological polar surface area (TPSA) is 95.3 Å². The number of aromatic amines is 1. The summed E-state index contributed by atoms with van der Waals surface area (Å²) in [5.74, 6) is -0.349. The Kier molecular flexibility index (Phi) is 3.17. The van der Waals surface area contributed by atoms with E-state index in [0.29, 0.717) is 18.4 Å². The van der Waals surface area contributed by atoms with E-state index in [2.05, 4.69) is 4.98 Å². The fourth-order valence-corrected chi connectivity index (χ4v) is 2.45. The van der Waals surface area contributed by atoms with Gasteiger partial charge in [0.15, 0.2) is 0 Å². The zero-order valence-corrected chi connectivity index (χ0v) is 9.59. The molecule has 0 aliphatic heterocycles. The van der Waals surface area contributed by atoms with Crippen LogP contribution in [0.15, 0.2) is 15.8 Å². The fourth-order valence-electron chi connectivity index (χ4n) is 2.45. The van der Waals surface area contributed by atoms with Crippen LogP contribution in [-0.4, -0.2) is 32.5 Å². The van der Waals surface area contributed by atoms with E-state index in [-0.39, 0.29) is 18.6 Å². The molecule has 1 aromatic heterocycles. The Morgan fingerprint density at radius 1 is 1.47 bits per heavy atom. The number of nitrogens with zero attached hydrogens (tertiary/aromatic N) is 1. The van der Waals surface area contributed by atoms with Crippen LogP contribution in [0.25, 0.3) is 0 Å². The van der Waals surface area contributed by atoms with E-state index in [9.17, 15) is 19.8 Å². The molecule has 3 N–H and O–H groups in total. The van der Waals surface area contributed by atoms with Crippen LogP contribution in [0, 0.1) is 12.8 Å². The molecule has 0 unspecified atom stereocenters. The molecule has 0 radical (unpaired) electrons. The lowest BCUT2D eigenvalue weighted by atomic mass is 10.0. The van der Waals surface area contributed by atoms with Crippen LogP contribution in [0.2, 0.25) is 0 Å². The van der Waals surface area contributed by atoms with E-state index in [1.807, 2.05) is 0 Å². The molecule has 3 atom stereocenters. The second kappa shape index (κ2) is 4.46. The zero-order chi connectivity index (χ0) is 12.6. The smallest absolute Gasteiger partial charge is 0.328 e. The first kappa shape index (κ1) is 12.1. The SMILES string of the molecule is Cc1cn([C@@H]2CC[C@H](O)[C@H]2CO)c(=O)[nH]c1=O. The molecule has 6 nitrogen and oxygen atoms in total. The third-order valence-corrected chi connectivity index (χ3v) is 3.46. The van der Waals surface area contributed by atoms with Crippen LogP contribution in [0.3, 0.4) is 0 Å². The molecule has 1 heterocycles. The van der Waals surface area contributed by atoms with Gasteiger partial charge in [0.1, 0.15) is 0 Å². The van der Waals surface area contributed by atoms with Crippen molar-refractivity contribution < 1.29 is 10.2 Å². The van der Waals surface area contributed by atoms with Crippen LogP contribution in [0.4, 0.5) is 0 Å². The number of H-pyrrole nitrogens is 1. The highest BCUT2D eigenvalue weighted by molar-refractivity contribution is 5.03. The number of aliphatic hydroxyl groups excluding tert-OH is 2. The van der Waals surface area contributed by atoms with Gasteiger partial charge in [-0.05, 0) is 19.8 Å². The van der Waals surface area contributed by atoms with E-state index in [1.54, 1.807) is 6.92 Å². The van der Waals surface area contributed by atoms with Gasteiger partial charge in [-0.1, -0.05) is 0 Å². The minimum Gasteiger partial charge on any atom is -0.396 e. The Labute approximate surface area is 97.5 Å². The normalized spacial score (nSPS) is 28.5. The first-order chi connectivity index (χ1) is 8.04. The third kappa shape index (κ3) is 2.05. The van der Waals surface area contributed by atoms with Gasteiger partial charge in [0, 0.05) is 23.7 Å². The van der Waals surface area contributed by atoms with Crippen molar-refractivity contribution >= 4 is 0 Å². The summed E-state index contributed by atoms with van der Waals surface area (Å²) >= 11 is 0. The highest BCUT2D eigenvalue weighted by Crippen LogP contribution is 2.34. The Morgan fingerprint density at radius 3 is 2.82 bits per heavy atom. The molecule has 17 heavy (non-hydrogen) atoms. The van der Waals surface area contributed by atoms with Gasteiger partial charge in [-0.3, -0.25) is 14.3 Å². The average molecular weight is 240 g/mol. The minimum absolute atomic E-state index is 0.170. The summed E-state index contributed by atoms with van der Waals surface area (Å²) < 4.78 is 1.41. The van der Waals surface area contributed by atoms with Gasteiger partial charge in [-0.15, -0.1) is 0 Å². The molecule has 1 saturated carbocycles. The van der Waals surface area contributed by atoms with Gasteiger partial charge in [0.2, 0.25) is 0 Å². The largest absolute Gasteiger partial charge is 0.396 e. The van der Waals surface area contributed by atoms with Gasteiger partial charge < -0.3 is 10.2 Å². The summed E-state index contributed by atoms with van der Waals surface area (Å²) in [5, 5.41) is 18.9. The highest BCUT2D eigenvalue weighted by atomic mass is 16.3. The van der Waals surface area contributed by atoms with Gasteiger partial charge in [-0.2, -0.15) is 0 Å². The number of aryl methyl sites for hydroxylation is 1. The summed E-state index contributed by atoms with van der Waals surface area (Å²) in [6, 6.07) is -0.252. The predicted octanol–water partition coefficient (Wildman–Crippen LogP) is -0.851. The predicted molar refractivity (Wildman–Crippen MR) is 60.9 cm³/mol. The number of rotatable bonds is 2. The molecule has 2 rings (SSSR count). The molecule has 0 saturated heterocycles. The van der Waals surface area contributed by atoms with Crippen molar-refractivity contribution in [3.8, 4) is 0 Å². The van der Waals surface area contributed by atoms with Crippen LogP contribution in [0.5, 0.6) is 0 Å². The van der Waals surface area contributed by atoms with Crippen LogP contribution in [-0.2, 0) is 0 Å². The van der Waals surface area contributed by atoms with Crippen LogP contribution in [0.1, 0.15) is 24.4 Å². The second-order valence-corrected chi connectivity index (χ2v) is 4.54. The van der Waals surface area contributed by atoms with Crippen LogP contribution < -0.4 is 11.2 Å². The standard InChI is InChI=1S/C11H16N2O4/c1-6-4-13(11(17)12-10(6)16)8-2-3-9(15)7(8)5-14/h4,7-9,14-15H,2-3,5H2,1H3,(H,12,16,17)/t7-,8+,9-/m0/s1. The van der Waals surface area contributed by atoms with Crippen molar-refractivity contribution in [2.45, 2.75) is 31.9 Å². The Balaban J connectivity index is 2.44. The van der Waals surface area contributed by atoms with Crippen molar-refractivity contribution in [2.75, 3.05) is 6.61 Å². The maximum Gasteiger partial charge on any atom is 0.328 e. The molecular formula is C11H16N2O4. The number of aromatic nitrogens is 2. The monoisotopic (exact) mass is 240 g/mol. The maximum absolute atomic E-state index is 11.7. The van der Waals surface area contributed by atoms with Crippen molar-refractivity contribution in [3.63, 3.8) is 0 Å². The van der Waals surface area contributed by atoms with E-state index in [4.69, 9.17) is 0 Å². The molecule has 94 valence electrons.